The first-order chi connectivity index (χ1) is 10.4. The molecular weight excluding hydrogens is 324 g/mol. The van der Waals surface area contributed by atoms with E-state index in [-0.39, 0.29) is 24.2 Å². The van der Waals surface area contributed by atoms with Crippen LogP contribution in [0.2, 0.25) is 5.02 Å². The van der Waals surface area contributed by atoms with E-state index in [1.54, 1.807) is 17.9 Å². The number of carbonyl (C=O) groups excluding carboxylic acids is 1. The zero-order chi connectivity index (χ0) is 16.2. The fourth-order valence-corrected chi connectivity index (χ4v) is 3.41. The van der Waals surface area contributed by atoms with E-state index >= 15 is 0 Å². The molecular formula is C15H21ClN2O3S. The Labute approximate surface area is 136 Å². The minimum Gasteiger partial charge on any atom is -0.335 e. The highest BCUT2D eigenvalue weighted by atomic mass is 35.5. The first-order valence-corrected chi connectivity index (χ1v) is 9.48. The number of benzene rings is 1. The Morgan fingerprint density at radius 2 is 2.18 bits per heavy atom. The molecule has 0 aromatic heterocycles. The van der Waals surface area contributed by atoms with Crippen LogP contribution in [0.15, 0.2) is 24.3 Å². The quantitative estimate of drug-likeness (QED) is 0.891. The maximum absolute atomic E-state index is 12.4. The standard InChI is InChI=1S/C15H21ClN2O3S/c1-2-22(20,21)17-11-15(19)18-9-4-3-8-14(18)12-6-5-7-13(16)10-12/h5-7,10,14,17H,2-4,8-9,11H2,1H3. The summed E-state index contributed by atoms with van der Waals surface area (Å²) in [4.78, 5) is 14.2. The Kier molecular flexibility index (Phi) is 5.83. The number of hydrogen-bond donors (Lipinski definition) is 1. The molecule has 7 heteroatoms. The zero-order valence-corrected chi connectivity index (χ0v) is 14.2. The summed E-state index contributed by atoms with van der Waals surface area (Å²) in [5, 5.41) is 0.641. The lowest BCUT2D eigenvalue weighted by Crippen LogP contribution is -2.44. The van der Waals surface area contributed by atoms with Crippen LogP contribution in [0.5, 0.6) is 0 Å². The van der Waals surface area contributed by atoms with E-state index in [9.17, 15) is 13.2 Å². The Morgan fingerprint density at radius 3 is 2.86 bits per heavy atom. The lowest BCUT2D eigenvalue weighted by atomic mass is 9.95. The molecule has 1 amide bonds. The van der Waals surface area contributed by atoms with Gasteiger partial charge in [-0.1, -0.05) is 23.7 Å². The van der Waals surface area contributed by atoms with Crippen LogP contribution in [0.1, 0.15) is 37.8 Å². The smallest absolute Gasteiger partial charge is 0.238 e. The zero-order valence-electron chi connectivity index (χ0n) is 12.6. The predicted molar refractivity (Wildman–Crippen MR) is 87.2 cm³/mol. The summed E-state index contributed by atoms with van der Waals surface area (Å²) >= 11 is 6.04. The molecule has 1 aromatic rings. The maximum Gasteiger partial charge on any atom is 0.238 e. The van der Waals surface area contributed by atoms with E-state index in [0.29, 0.717) is 11.6 Å². The Hall–Kier alpha value is -1.11. The Balaban J connectivity index is 2.11. The summed E-state index contributed by atoms with van der Waals surface area (Å²) in [5.74, 6) is -0.223. The number of piperidine rings is 1. The number of carbonyl (C=O) groups is 1. The van der Waals surface area contributed by atoms with Crippen LogP contribution in [-0.2, 0) is 14.8 Å². The summed E-state index contributed by atoms with van der Waals surface area (Å²) in [5.41, 5.74) is 0.999. The van der Waals surface area contributed by atoms with E-state index in [1.807, 2.05) is 18.2 Å². The molecule has 1 atom stereocenters. The van der Waals surface area contributed by atoms with Crippen molar-refractivity contribution in [2.75, 3.05) is 18.8 Å². The second kappa shape index (κ2) is 7.44. The van der Waals surface area contributed by atoms with Crippen LogP contribution >= 0.6 is 11.6 Å². The normalized spacial score (nSPS) is 19.2. The molecule has 122 valence electrons. The number of amides is 1. The van der Waals surface area contributed by atoms with Gasteiger partial charge in [-0.3, -0.25) is 4.79 Å². The Bertz CT molecular complexity index is 633. The third-order valence-electron chi connectivity index (χ3n) is 3.88. The third-order valence-corrected chi connectivity index (χ3v) is 5.46. The van der Waals surface area contributed by atoms with Crippen LogP contribution in [0.25, 0.3) is 0 Å². The van der Waals surface area contributed by atoms with Crippen LogP contribution in [0.3, 0.4) is 0 Å². The first kappa shape index (κ1) is 17.2. The first-order valence-electron chi connectivity index (χ1n) is 7.45. The van der Waals surface area contributed by atoms with Gasteiger partial charge in [0.2, 0.25) is 15.9 Å². The molecule has 0 bridgehead atoms. The number of rotatable bonds is 5. The molecule has 22 heavy (non-hydrogen) atoms. The highest BCUT2D eigenvalue weighted by Crippen LogP contribution is 2.31. The van der Waals surface area contributed by atoms with E-state index in [0.717, 1.165) is 24.8 Å². The van der Waals surface area contributed by atoms with Crippen LogP contribution in [0, 0.1) is 0 Å². The monoisotopic (exact) mass is 344 g/mol. The molecule has 0 spiro atoms. The van der Waals surface area contributed by atoms with Crippen molar-refractivity contribution in [2.45, 2.75) is 32.2 Å². The molecule has 1 aliphatic rings. The van der Waals surface area contributed by atoms with E-state index in [4.69, 9.17) is 11.6 Å². The van der Waals surface area contributed by atoms with Gasteiger partial charge in [-0.15, -0.1) is 0 Å². The summed E-state index contributed by atoms with van der Waals surface area (Å²) in [6.45, 7) is 2.00. The molecule has 0 saturated carbocycles. The summed E-state index contributed by atoms with van der Waals surface area (Å²) in [6, 6.07) is 7.46. The highest BCUT2D eigenvalue weighted by Gasteiger charge is 2.28. The Morgan fingerprint density at radius 1 is 1.41 bits per heavy atom. The fraction of sp³-hybridized carbons (Fsp3) is 0.533. The van der Waals surface area contributed by atoms with Crippen molar-refractivity contribution in [1.29, 1.82) is 0 Å². The van der Waals surface area contributed by atoms with Crippen molar-refractivity contribution < 1.29 is 13.2 Å². The molecule has 0 radical (unpaired) electrons. The molecule has 1 fully saturated rings. The number of nitrogens with zero attached hydrogens (tertiary/aromatic N) is 1. The van der Waals surface area contributed by atoms with Gasteiger partial charge >= 0.3 is 0 Å². The average Bonchev–Trinajstić information content (AvgIpc) is 2.53. The van der Waals surface area contributed by atoms with Gasteiger partial charge in [-0.25, -0.2) is 13.1 Å². The SMILES string of the molecule is CCS(=O)(=O)NCC(=O)N1CCCCC1c1cccc(Cl)c1. The van der Waals surface area contributed by atoms with Crippen molar-refractivity contribution in [3.63, 3.8) is 0 Å². The van der Waals surface area contributed by atoms with Crippen molar-refractivity contribution in [3.05, 3.63) is 34.9 Å². The molecule has 1 aromatic carbocycles. The molecule has 1 aliphatic heterocycles. The van der Waals surface area contributed by atoms with Crippen molar-refractivity contribution >= 4 is 27.5 Å². The van der Waals surface area contributed by atoms with Gasteiger partial charge in [0.1, 0.15) is 0 Å². The lowest BCUT2D eigenvalue weighted by molar-refractivity contribution is -0.133. The summed E-state index contributed by atoms with van der Waals surface area (Å²) in [6.07, 6.45) is 2.84. The molecule has 0 aliphatic carbocycles. The largest absolute Gasteiger partial charge is 0.335 e. The van der Waals surface area contributed by atoms with Gasteiger partial charge in [0.05, 0.1) is 18.3 Å². The van der Waals surface area contributed by atoms with E-state index in [2.05, 4.69) is 4.72 Å². The predicted octanol–water partition coefficient (Wildman–Crippen LogP) is 2.33. The van der Waals surface area contributed by atoms with E-state index < -0.39 is 10.0 Å². The average molecular weight is 345 g/mol. The lowest BCUT2D eigenvalue weighted by Gasteiger charge is -2.36. The number of halogens is 1. The molecule has 1 saturated heterocycles. The highest BCUT2D eigenvalue weighted by molar-refractivity contribution is 7.89. The van der Waals surface area contributed by atoms with E-state index in [1.165, 1.54) is 0 Å². The fourth-order valence-electron chi connectivity index (χ4n) is 2.67. The molecule has 2 rings (SSSR count). The van der Waals surface area contributed by atoms with Crippen LogP contribution in [0.4, 0.5) is 0 Å². The second-order valence-electron chi connectivity index (χ2n) is 5.38. The topological polar surface area (TPSA) is 66.5 Å². The third kappa shape index (κ3) is 4.44. The van der Waals surface area contributed by atoms with Gasteiger partial charge in [-0.2, -0.15) is 0 Å². The number of nitrogens with one attached hydrogen (secondary N) is 1. The molecule has 1 heterocycles. The second-order valence-corrected chi connectivity index (χ2v) is 7.91. The molecule has 1 N–H and O–H groups in total. The number of sulfonamides is 1. The van der Waals surface area contributed by atoms with Crippen LogP contribution in [-0.4, -0.2) is 38.1 Å². The molecule has 1 unspecified atom stereocenters. The van der Waals surface area contributed by atoms with Crippen molar-refractivity contribution in [3.8, 4) is 0 Å². The van der Waals surface area contributed by atoms with Crippen molar-refractivity contribution in [1.82, 2.24) is 9.62 Å². The van der Waals surface area contributed by atoms with Gasteiger partial charge in [0.25, 0.3) is 0 Å². The minimum absolute atomic E-state index is 0.0298. The number of likely N-dealkylation sites (tertiary alicyclic amines) is 1. The van der Waals surface area contributed by atoms with Crippen molar-refractivity contribution in [2.24, 2.45) is 0 Å². The molecule has 5 nitrogen and oxygen atoms in total. The summed E-state index contributed by atoms with van der Waals surface area (Å²) < 4.78 is 25.3. The van der Waals surface area contributed by atoms with Gasteiger partial charge in [0.15, 0.2) is 0 Å². The van der Waals surface area contributed by atoms with Crippen LogP contribution < -0.4 is 4.72 Å². The number of hydrogen-bond acceptors (Lipinski definition) is 3. The van der Waals surface area contributed by atoms with Gasteiger partial charge in [-0.05, 0) is 43.9 Å². The summed E-state index contributed by atoms with van der Waals surface area (Å²) in [7, 11) is -3.36. The minimum atomic E-state index is -3.36. The maximum atomic E-state index is 12.4. The van der Waals surface area contributed by atoms with Gasteiger partial charge < -0.3 is 4.90 Å². The van der Waals surface area contributed by atoms with Gasteiger partial charge in [0, 0.05) is 11.6 Å².